The molecule has 118 valence electrons. The highest BCUT2D eigenvalue weighted by Gasteiger charge is 2.18. The minimum absolute atomic E-state index is 0.0936. The largest absolute Gasteiger partial charge is 0.496 e. The number of halogens is 1. The minimum atomic E-state index is -3.47. The van der Waals surface area contributed by atoms with Crippen molar-refractivity contribution in [2.45, 2.75) is 18.7 Å². The fourth-order valence-corrected chi connectivity index (χ4v) is 3.70. The lowest BCUT2D eigenvalue weighted by Crippen LogP contribution is -2.28. The van der Waals surface area contributed by atoms with Crippen LogP contribution in [0.4, 0.5) is 0 Å². The molecule has 1 atom stereocenters. The molecule has 0 saturated carbocycles. The predicted molar refractivity (Wildman–Crippen MR) is 88.6 cm³/mol. The first-order valence-electron chi connectivity index (χ1n) is 6.78. The summed E-state index contributed by atoms with van der Waals surface area (Å²) in [4.78, 5) is 0. The van der Waals surface area contributed by atoms with Crippen molar-refractivity contribution >= 4 is 21.6 Å². The summed E-state index contributed by atoms with van der Waals surface area (Å²) in [6.45, 7) is 1.79. The molecule has 6 heteroatoms. The van der Waals surface area contributed by atoms with Crippen molar-refractivity contribution in [1.82, 2.24) is 4.72 Å². The summed E-state index contributed by atoms with van der Waals surface area (Å²) in [5, 5.41) is 0.580. The van der Waals surface area contributed by atoms with Crippen molar-refractivity contribution in [3.8, 4) is 5.75 Å². The number of hydrogen-bond acceptors (Lipinski definition) is 3. The monoisotopic (exact) mass is 339 g/mol. The van der Waals surface area contributed by atoms with E-state index in [1.165, 1.54) is 0 Å². The third kappa shape index (κ3) is 4.47. The van der Waals surface area contributed by atoms with Crippen LogP contribution in [-0.2, 0) is 15.8 Å². The van der Waals surface area contributed by atoms with Crippen molar-refractivity contribution in [1.29, 1.82) is 0 Å². The normalized spacial score (nSPS) is 12.9. The molecule has 0 aliphatic rings. The highest BCUT2D eigenvalue weighted by Crippen LogP contribution is 2.25. The smallest absolute Gasteiger partial charge is 0.216 e. The maximum Gasteiger partial charge on any atom is 0.216 e. The number of benzene rings is 2. The van der Waals surface area contributed by atoms with Gasteiger partial charge in [-0.15, -0.1) is 0 Å². The van der Waals surface area contributed by atoms with E-state index >= 15 is 0 Å². The van der Waals surface area contributed by atoms with E-state index in [4.69, 9.17) is 16.3 Å². The first-order chi connectivity index (χ1) is 10.4. The van der Waals surface area contributed by atoms with E-state index in [-0.39, 0.29) is 11.8 Å². The summed E-state index contributed by atoms with van der Waals surface area (Å²) >= 11 is 5.80. The van der Waals surface area contributed by atoms with E-state index in [9.17, 15) is 8.42 Å². The zero-order valence-corrected chi connectivity index (χ0v) is 14.0. The molecular weight excluding hydrogens is 322 g/mol. The lowest BCUT2D eigenvalue weighted by Gasteiger charge is -2.17. The number of sulfonamides is 1. The topological polar surface area (TPSA) is 55.4 Å². The van der Waals surface area contributed by atoms with E-state index in [0.29, 0.717) is 16.3 Å². The molecule has 0 fully saturated rings. The second-order valence-corrected chi connectivity index (χ2v) is 7.16. The van der Waals surface area contributed by atoms with Crippen LogP contribution in [-0.4, -0.2) is 15.5 Å². The number of hydrogen-bond donors (Lipinski definition) is 1. The Balaban J connectivity index is 2.12. The molecule has 0 aliphatic heterocycles. The molecule has 0 saturated heterocycles. The van der Waals surface area contributed by atoms with Crippen LogP contribution < -0.4 is 9.46 Å². The Hall–Kier alpha value is -1.56. The number of ether oxygens (including phenoxy) is 1. The van der Waals surface area contributed by atoms with Gasteiger partial charge in [-0.2, -0.15) is 0 Å². The van der Waals surface area contributed by atoms with Crippen LogP contribution in [0.2, 0.25) is 5.02 Å². The third-order valence-corrected chi connectivity index (χ3v) is 4.91. The highest BCUT2D eigenvalue weighted by atomic mass is 35.5. The average Bonchev–Trinajstić information content (AvgIpc) is 2.48. The Morgan fingerprint density at radius 1 is 1.14 bits per heavy atom. The van der Waals surface area contributed by atoms with Gasteiger partial charge >= 0.3 is 0 Å². The molecule has 2 aromatic carbocycles. The van der Waals surface area contributed by atoms with Gasteiger partial charge in [-0.25, -0.2) is 13.1 Å². The summed E-state index contributed by atoms with van der Waals surface area (Å²) in [5.74, 6) is 0.563. The molecule has 0 radical (unpaired) electrons. The number of para-hydroxylation sites is 1. The Bertz CT molecular complexity index is 729. The predicted octanol–water partition coefficient (Wildman–Crippen LogP) is 3.53. The molecule has 2 aromatic rings. The zero-order valence-electron chi connectivity index (χ0n) is 12.4. The zero-order chi connectivity index (χ0) is 16.2. The maximum atomic E-state index is 12.3. The Morgan fingerprint density at radius 2 is 1.77 bits per heavy atom. The average molecular weight is 340 g/mol. The molecule has 2 rings (SSSR count). The van der Waals surface area contributed by atoms with Gasteiger partial charge in [0.15, 0.2) is 0 Å². The molecule has 0 amide bonds. The molecule has 0 aromatic heterocycles. The van der Waals surface area contributed by atoms with Crippen LogP contribution in [0, 0.1) is 0 Å². The van der Waals surface area contributed by atoms with Gasteiger partial charge in [-0.05, 0) is 30.7 Å². The summed E-state index contributed by atoms with van der Waals surface area (Å²) in [6, 6.07) is 13.7. The Kier molecular flexibility index (Phi) is 5.45. The van der Waals surface area contributed by atoms with E-state index in [1.807, 2.05) is 18.2 Å². The van der Waals surface area contributed by atoms with Gasteiger partial charge in [0.25, 0.3) is 0 Å². The van der Waals surface area contributed by atoms with Gasteiger partial charge < -0.3 is 4.74 Å². The molecule has 0 aliphatic carbocycles. The lowest BCUT2D eigenvalue weighted by atomic mass is 10.1. The third-order valence-electron chi connectivity index (χ3n) is 3.23. The summed E-state index contributed by atoms with van der Waals surface area (Å²) in [7, 11) is -1.91. The molecule has 0 bridgehead atoms. The number of nitrogens with one attached hydrogen (secondary N) is 1. The highest BCUT2D eigenvalue weighted by molar-refractivity contribution is 7.88. The molecule has 1 N–H and O–H groups in total. The standard InChI is InChI=1S/C16H18ClNO3S/c1-12(15-5-3-4-6-16(15)21-2)18-22(19,20)11-13-7-9-14(17)10-8-13/h3-10,12,18H,11H2,1-2H3/t12-/m0/s1. The van der Waals surface area contributed by atoms with Gasteiger partial charge in [0.05, 0.1) is 12.9 Å². The van der Waals surface area contributed by atoms with Crippen molar-refractivity contribution in [2.75, 3.05) is 7.11 Å². The summed E-state index contributed by atoms with van der Waals surface area (Å²) < 4.78 is 32.5. The molecule has 0 unspecified atom stereocenters. The van der Waals surface area contributed by atoms with Gasteiger partial charge in [0.2, 0.25) is 10.0 Å². The van der Waals surface area contributed by atoms with E-state index in [0.717, 1.165) is 5.56 Å². The fraction of sp³-hybridized carbons (Fsp3) is 0.250. The van der Waals surface area contributed by atoms with E-state index in [1.54, 1.807) is 44.4 Å². The molecule has 4 nitrogen and oxygen atoms in total. The first kappa shape index (κ1) is 16.8. The Labute approximate surface area is 136 Å². The lowest BCUT2D eigenvalue weighted by molar-refractivity contribution is 0.405. The van der Waals surface area contributed by atoms with E-state index < -0.39 is 10.0 Å². The van der Waals surface area contributed by atoms with Gasteiger partial charge in [-0.1, -0.05) is 41.9 Å². The van der Waals surface area contributed by atoms with Crippen LogP contribution in [0.25, 0.3) is 0 Å². The molecular formula is C16H18ClNO3S. The van der Waals surface area contributed by atoms with Crippen LogP contribution >= 0.6 is 11.6 Å². The summed E-state index contributed by atoms with van der Waals surface area (Å²) in [5.41, 5.74) is 1.48. The number of methoxy groups -OCH3 is 1. The molecule has 22 heavy (non-hydrogen) atoms. The SMILES string of the molecule is COc1ccccc1[C@H](C)NS(=O)(=O)Cc1ccc(Cl)cc1. The second-order valence-electron chi connectivity index (χ2n) is 4.97. The van der Waals surface area contributed by atoms with Crippen molar-refractivity contribution < 1.29 is 13.2 Å². The molecule has 0 spiro atoms. The summed E-state index contributed by atoms with van der Waals surface area (Å²) in [6.07, 6.45) is 0. The van der Waals surface area contributed by atoms with E-state index in [2.05, 4.69) is 4.72 Å². The van der Waals surface area contributed by atoms with Crippen molar-refractivity contribution in [3.63, 3.8) is 0 Å². The van der Waals surface area contributed by atoms with Crippen molar-refractivity contribution in [3.05, 3.63) is 64.7 Å². The van der Waals surface area contributed by atoms with Crippen LogP contribution in [0.15, 0.2) is 48.5 Å². The Morgan fingerprint density at radius 3 is 2.41 bits per heavy atom. The van der Waals surface area contributed by atoms with Crippen LogP contribution in [0.1, 0.15) is 24.1 Å². The minimum Gasteiger partial charge on any atom is -0.496 e. The van der Waals surface area contributed by atoms with Gasteiger partial charge in [0.1, 0.15) is 5.75 Å². The van der Waals surface area contributed by atoms with Crippen LogP contribution in [0.3, 0.4) is 0 Å². The number of rotatable bonds is 6. The second kappa shape index (κ2) is 7.13. The first-order valence-corrected chi connectivity index (χ1v) is 8.81. The van der Waals surface area contributed by atoms with Crippen LogP contribution in [0.5, 0.6) is 5.75 Å². The van der Waals surface area contributed by atoms with Gasteiger partial charge in [-0.3, -0.25) is 0 Å². The van der Waals surface area contributed by atoms with Crippen molar-refractivity contribution in [2.24, 2.45) is 0 Å². The molecule has 0 heterocycles. The quantitative estimate of drug-likeness (QED) is 0.876. The maximum absolute atomic E-state index is 12.3. The van der Waals surface area contributed by atoms with Gasteiger partial charge in [0, 0.05) is 16.6 Å². The fourth-order valence-electron chi connectivity index (χ4n) is 2.20.